The zero-order valence-corrected chi connectivity index (χ0v) is 19.6. The molecule has 0 spiro atoms. The van der Waals surface area contributed by atoms with Crippen LogP contribution in [0.3, 0.4) is 0 Å². The van der Waals surface area contributed by atoms with E-state index in [9.17, 15) is 19.8 Å². The van der Waals surface area contributed by atoms with Crippen molar-refractivity contribution < 1.29 is 101 Å². The van der Waals surface area contributed by atoms with Gasteiger partial charge in [0.15, 0.2) is 0 Å². The zero-order valence-electron chi connectivity index (χ0n) is 14.5. The fourth-order valence-corrected chi connectivity index (χ4v) is 2.56. The third-order valence-corrected chi connectivity index (χ3v) is 3.87. The molecule has 0 N–H and O–H groups in total. The van der Waals surface area contributed by atoms with Gasteiger partial charge in [-0.25, -0.2) is 0 Å². The van der Waals surface area contributed by atoms with E-state index in [-0.39, 0.29) is 92.9 Å². The molecule has 23 heavy (non-hydrogen) atoms. The van der Waals surface area contributed by atoms with Crippen molar-refractivity contribution in [1.82, 2.24) is 0 Å². The number of carbonyl (C=O) groups is 2. The topological polar surface area (TPSA) is 80.3 Å². The fraction of sp³-hybridized carbons (Fsp3) is 0.529. The van der Waals surface area contributed by atoms with Gasteiger partial charge in [-0.15, -0.1) is 0 Å². The predicted octanol–water partition coefficient (Wildman–Crippen LogP) is -4.82. The Balaban J connectivity index is 0. The van der Waals surface area contributed by atoms with Crippen LogP contribution in [0.2, 0.25) is 0 Å². The van der Waals surface area contributed by atoms with E-state index < -0.39 is 17.4 Å². The summed E-state index contributed by atoms with van der Waals surface area (Å²) in [5.74, 6) is -3.19. The Hall–Kier alpha value is 0.796. The van der Waals surface area contributed by atoms with E-state index in [1.54, 1.807) is 18.2 Å². The molecule has 1 aromatic carbocycles. The predicted molar refractivity (Wildman–Crippen MR) is 76.1 cm³/mol. The van der Waals surface area contributed by atoms with Crippen molar-refractivity contribution in [2.24, 2.45) is 0 Å². The molecule has 0 aliphatic carbocycles. The maximum atomic E-state index is 11.5. The molecule has 0 aromatic heterocycles. The molecule has 0 bridgehead atoms. The van der Waals surface area contributed by atoms with Gasteiger partial charge in [-0.2, -0.15) is 0 Å². The third kappa shape index (κ3) is 7.69. The smallest absolute Gasteiger partial charge is 0.549 e. The second-order valence-electron chi connectivity index (χ2n) is 5.36. The first kappa shape index (κ1) is 26.0. The van der Waals surface area contributed by atoms with Gasteiger partial charge in [-0.05, 0) is 12.0 Å². The van der Waals surface area contributed by atoms with Crippen molar-refractivity contribution in [3.63, 3.8) is 0 Å². The van der Waals surface area contributed by atoms with E-state index in [1.807, 2.05) is 0 Å². The van der Waals surface area contributed by atoms with Crippen LogP contribution in [0.5, 0.6) is 0 Å². The Kier molecular flexibility index (Phi) is 15.9. The molecule has 1 rings (SSSR count). The summed E-state index contributed by atoms with van der Waals surface area (Å²) in [5.41, 5.74) is -1.83. The van der Waals surface area contributed by atoms with E-state index >= 15 is 0 Å². The van der Waals surface area contributed by atoms with Crippen LogP contribution >= 0.6 is 0 Å². The molecule has 116 valence electrons. The molecule has 0 heterocycles. The minimum Gasteiger partial charge on any atom is -0.549 e. The molecule has 0 aliphatic rings. The van der Waals surface area contributed by atoms with Crippen LogP contribution in [0.1, 0.15) is 57.4 Å². The van der Waals surface area contributed by atoms with Crippen molar-refractivity contribution in [3.05, 3.63) is 35.9 Å². The summed E-state index contributed by atoms with van der Waals surface area (Å²) in [6.07, 6.45) is 5.70. The molecule has 6 heteroatoms. The standard InChI is InChI=1S/C17H24O4.K.Na/c1-2-3-4-5-6-10-13-17(15(18)19,16(20)21)14-11-8-7-9-12-14;;/h7-9,11-12H,2-6,10,13H2,1H3,(H,18,19)(H,20,21);;/q;2*+1/p-2. The number of carbonyl (C=O) groups excluding carboxylic acids is 2. The molecule has 0 atom stereocenters. The van der Waals surface area contributed by atoms with Crippen LogP contribution < -0.4 is 91.2 Å². The first-order chi connectivity index (χ1) is 10.1. The van der Waals surface area contributed by atoms with Crippen molar-refractivity contribution >= 4 is 11.9 Å². The molecule has 0 fully saturated rings. The van der Waals surface area contributed by atoms with E-state index in [4.69, 9.17) is 0 Å². The van der Waals surface area contributed by atoms with Crippen molar-refractivity contribution in [3.8, 4) is 0 Å². The Morgan fingerprint density at radius 2 is 1.39 bits per heavy atom. The Morgan fingerprint density at radius 3 is 1.87 bits per heavy atom. The van der Waals surface area contributed by atoms with Gasteiger partial charge < -0.3 is 19.8 Å². The second kappa shape index (κ2) is 14.0. The Bertz CT molecular complexity index is 451. The van der Waals surface area contributed by atoms with Gasteiger partial charge in [-0.1, -0.05) is 75.8 Å². The van der Waals surface area contributed by atoms with Gasteiger partial charge in [0.25, 0.3) is 0 Å². The summed E-state index contributed by atoms with van der Waals surface area (Å²) in [4.78, 5) is 23.0. The van der Waals surface area contributed by atoms with E-state index in [2.05, 4.69) is 6.92 Å². The number of hydrogen-bond acceptors (Lipinski definition) is 4. The molecular weight excluding hydrogens is 330 g/mol. The number of unbranched alkanes of at least 4 members (excludes halogenated alkanes) is 5. The molecule has 0 amide bonds. The Morgan fingerprint density at radius 1 is 0.913 bits per heavy atom. The van der Waals surface area contributed by atoms with E-state index in [0.717, 1.165) is 32.1 Å². The third-order valence-electron chi connectivity index (χ3n) is 3.87. The fourth-order valence-electron chi connectivity index (χ4n) is 2.56. The van der Waals surface area contributed by atoms with Gasteiger partial charge in [-0.3, -0.25) is 0 Å². The zero-order chi connectivity index (χ0) is 15.7. The number of benzene rings is 1. The summed E-state index contributed by atoms with van der Waals surface area (Å²) < 4.78 is 0. The number of carboxylic acids is 2. The van der Waals surface area contributed by atoms with Gasteiger partial charge >= 0.3 is 80.9 Å². The number of hydrogen-bond donors (Lipinski definition) is 0. The SMILES string of the molecule is CCCCCCCCC(C(=O)[O-])(C(=O)[O-])c1ccccc1.[K+].[Na+]. The number of rotatable bonds is 10. The van der Waals surface area contributed by atoms with Crippen LogP contribution in [0, 0.1) is 0 Å². The van der Waals surface area contributed by atoms with Crippen LogP contribution in [0.25, 0.3) is 0 Å². The monoisotopic (exact) mass is 352 g/mol. The minimum absolute atomic E-state index is 0. The quantitative estimate of drug-likeness (QED) is 0.240. The van der Waals surface area contributed by atoms with Gasteiger partial charge in [0.2, 0.25) is 0 Å². The first-order valence-corrected chi connectivity index (χ1v) is 7.54. The molecule has 1 aromatic rings. The molecule has 0 saturated carbocycles. The summed E-state index contributed by atoms with van der Waals surface area (Å²) >= 11 is 0. The van der Waals surface area contributed by atoms with Gasteiger partial charge in [0.1, 0.15) is 0 Å². The van der Waals surface area contributed by atoms with Gasteiger partial charge in [0, 0.05) is 0 Å². The Labute approximate surface area is 203 Å². The minimum atomic E-state index is -2.05. The van der Waals surface area contributed by atoms with Crippen LogP contribution in [0.4, 0.5) is 0 Å². The van der Waals surface area contributed by atoms with Gasteiger partial charge in [0.05, 0.1) is 17.4 Å². The van der Waals surface area contributed by atoms with E-state index in [1.165, 1.54) is 12.1 Å². The maximum absolute atomic E-state index is 11.5. The molecule has 0 radical (unpaired) electrons. The van der Waals surface area contributed by atoms with Crippen molar-refractivity contribution in [2.75, 3.05) is 0 Å². The first-order valence-electron chi connectivity index (χ1n) is 7.54. The summed E-state index contributed by atoms with van der Waals surface area (Å²) in [5, 5.41) is 23.0. The van der Waals surface area contributed by atoms with Crippen LogP contribution in [-0.2, 0) is 15.0 Å². The molecule has 0 unspecified atom stereocenters. The molecular formula is C17H22KNaO4. The summed E-state index contributed by atoms with van der Waals surface area (Å²) in [6, 6.07) is 7.96. The second-order valence-corrected chi connectivity index (χ2v) is 5.36. The molecule has 4 nitrogen and oxygen atoms in total. The largest absolute Gasteiger partial charge is 1.00 e. The van der Waals surface area contributed by atoms with Crippen molar-refractivity contribution in [2.45, 2.75) is 57.3 Å². The maximum Gasteiger partial charge on any atom is 1.00 e. The molecule has 0 saturated heterocycles. The number of aliphatic carboxylic acids is 2. The van der Waals surface area contributed by atoms with Crippen molar-refractivity contribution in [1.29, 1.82) is 0 Å². The van der Waals surface area contributed by atoms with Crippen LogP contribution in [-0.4, -0.2) is 11.9 Å². The average molecular weight is 352 g/mol. The average Bonchev–Trinajstić information content (AvgIpc) is 2.47. The normalized spacial score (nSPS) is 10.3. The summed E-state index contributed by atoms with van der Waals surface area (Å²) in [6.45, 7) is 2.12. The van der Waals surface area contributed by atoms with E-state index in [0.29, 0.717) is 6.42 Å². The number of carboxylic acid groups (broad SMARTS) is 2. The van der Waals surface area contributed by atoms with Crippen LogP contribution in [0.15, 0.2) is 30.3 Å². The molecule has 0 aliphatic heterocycles. The summed E-state index contributed by atoms with van der Waals surface area (Å²) in [7, 11) is 0.